The van der Waals surface area contributed by atoms with Gasteiger partial charge in [0.15, 0.2) is 0 Å². The Labute approximate surface area is 115 Å². The molecule has 0 spiro atoms. The van der Waals surface area contributed by atoms with E-state index >= 15 is 0 Å². The summed E-state index contributed by atoms with van der Waals surface area (Å²) in [5.41, 5.74) is 2.07. The van der Waals surface area contributed by atoms with Crippen molar-refractivity contribution in [3.05, 3.63) is 28.2 Å². The fraction of sp³-hybridized carbons (Fsp3) is 0.500. The molecule has 2 aliphatic rings. The maximum Gasteiger partial charge on any atom is 0.128 e. The van der Waals surface area contributed by atoms with Crippen molar-refractivity contribution in [3.8, 4) is 5.75 Å². The number of halogens is 1. The second-order valence-electron chi connectivity index (χ2n) is 4.79. The van der Waals surface area contributed by atoms with Crippen molar-refractivity contribution in [2.75, 3.05) is 6.61 Å². The van der Waals surface area contributed by atoms with Crippen molar-refractivity contribution in [3.63, 3.8) is 0 Å². The molecule has 1 fully saturated rings. The molecule has 0 bridgehead atoms. The van der Waals surface area contributed by atoms with Gasteiger partial charge in [-0.15, -0.1) is 0 Å². The van der Waals surface area contributed by atoms with Crippen LogP contribution in [0.3, 0.4) is 0 Å². The zero-order valence-electron chi connectivity index (χ0n) is 10.2. The molecule has 1 aromatic rings. The number of hydrogen-bond acceptors (Lipinski definition) is 3. The molecule has 4 heteroatoms. The minimum Gasteiger partial charge on any atom is -0.493 e. The summed E-state index contributed by atoms with van der Waals surface area (Å²) >= 11 is 3.50. The van der Waals surface area contributed by atoms with Gasteiger partial charge >= 0.3 is 0 Å². The van der Waals surface area contributed by atoms with Crippen molar-refractivity contribution in [2.24, 2.45) is 5.16 Å². The monoisotopic (exact) mass is 309 g/mol. The van der Waals surface area contributed by atoms with Gasteiger partial charge < -0.3 is 9.57 Å². The number of fused-ring (bicyclic) bond motifs is 1. The topological polar surface area (TPSA) is 30.8 Å². The molecule has 1 aliphatic heterocycles. The molecule has 1 saturated carbocycles. The molecule has 0 radical (unpaired) electrons. The Morgan fingerprint density at radius 2 is 2.17 bits per heavy atom. The zero-order chi connectivity index (χ0) is 12.4. The SMILES string of the molecule is Brc1ccc2c(c1)/C(=N\OC1CCC1)CCCO2. The minimum absolute atomic E-state index is 0.331. The van der Waals surface area contributed by atoms with Gasteiger partial charge in [-0.25, -0.2) is 0 Å². The van der Waals surface area contributed by atoms with Crippen LogP contribution in [0.1, 0.15) is 37.7 Å². The highest BCUT2D eigenvalue weighted by Gasteiger charge is 2.21. The average molecular weight is 310 g/mol. The van der Waals surface area contributed by atoms with Crippen molar-refractivity contribution < 1.29 is 9.57 Å². The zero-order valence-corrected chi connectivity index (χ0v) is 11.8. The second kappa shape index (κ2) is 5.31. The Hall–Kier alpha value is -1.03. The second-order valence-corrected chi connectivity index (χ2v) is 5.70. The quantitative estimate of drug-likeness (QED) is 0.776. The van der Waals surface area contributed by atoms with Crippen LogP contribution in [0, 0.1) is 0 Å². The van der Waals surface area contributed by atoms with Crippen molar-refractivity contribution in [1.29, 1.82) is 0 Å². The van der Waals surface area contributed by atoms with E-state index in [4.69, 9.17) is 9.57 Å². The van der Waals surface area contributed by atoms with Crippen LogP contribution >= 0.6 is 15.9 Å². The Balaban J connectivity index is 1.87. The molecule has 96 valence electrons. The Morgan fingerprint density at radius 3 is 2.94 bits per heavy atom. The van der Waals surface area contributed by atoms with Crippen LogP contribution in [0.25, 0.3) is 0 Å². The van der Waals surface area contributed by atoms with Crippen molar-refractivity contribution in [1.82, 2.24) is 0 Å². The largest absolute Gasteiger partial charge is 0.493 e. The predicted octanol–water partition coefficient (Wildman–Crippen LogP) is 3.89. The van der Waals surface area contributed by atoms with E-state index in [1.165, 1.54) is 6.42 Å². The molecule has 1 heterocycles. The molecule has 0 aromatic heterocycles. The van der Waals surface area contributed by atoms with Gasteiger partial charge in [0.25, 0.3) is 0 Å². The molecular formula is C14H16BrNO2. The number of hydrogen-bond donors (Lipinski definition) is 0. The summed E-state index contributed by atoms with van der Waals surface area (Å²) in [5.74, 6) is 0.909. The fourth-order valence-electron chi connectivity index (χ4n) is 2.12. The van der Waals surface area contributed by atoms with Crippen LogP contribution in [0.15, 0.2) is 27.8 Å². The van der Waals surface area contributed by atoms with Gasteiger partial charge in [-0.3, -0.25) is 0 Å². The van der Waals surface area contributed by atoms with Gasteiger partial charge in [-0.05, 0) is 50.3 Å². The standard InChI is InChI=1S/C14H16BrNO2/c15-10-6-7-14-12(9-10)13(5-2-8-17-14)16-18-11-3-1-4-11/h6-7,9,11H,1-5,8H2/b16-13-. The van der Waals surface area contributed by atoms with Crippen molar-refractivity contribution >= 4 is 21.6 Å². The van der Waals surface area contributed by atoms with Gasteiger partial charge in [0.05, 0.1) is 12.3 Å². The first-order valence-electron chi connectivity index (χ1n) is 6.48. The van der Waals surface area contributed by atoms with Gasteiger partial charge in [-0.1, -0.05) is 21.1 Å². The molecule has 0 unspecified atom stereocenters. The normalized spacial score (nSPS) is 21.7. The lowest BCUT2D eigenvalue weighted by molar-refractivity contribution is 0.00581. The summed E-state index contributed by atoms with van der Waals surface area (Å²) < 4.78 is 6.77. The summed E-state index contributed by atoms with van der Waals surface area (Å²) in [6.07, 6.45) is 5.77. The van der Waals surface area contributed by atoms with Crippen LogP contribution in [0.4, 0.5) is 0 Å². The molecular weight excluding hydrogens is 294 g/mol. The minimum atomic E-state index is 0.331. The van der Waals surface area contributed by atoms with Crippen LogP contribution in [0.2, 0.25) is 0 Å². The third-order valence-corrected chi connectivity index (χ3v) is 3.93. The summed E-state index contributed by atoms with van der Waals surface area (Å²) in [4.78, 5) is 5.59. The van der Waals surface area contributed by atoms with Crippen LogP contribution in [-0.4, -0.2) is 18.4 Å². The molecule has 18 heavy (non-hydrogen) atoms. The Kier molecular flexibility index (Phi) is 3.55. The maximum absolute atomic E-state index is 5.72. The summed E-state index contributed by atoms with van der Waals surface area (Å²) in [6, 6.07) is 6.04. The van der Waals surface area contributed by atoms with Gasteiger partial charge in [0.2, 0.25) is 0 Å². The molecule has 3 nitrogen and oxygen atoms in total. The van der Waals surface area contributed by atoms with Crippen LogP contribution in [0.5, 0.6) is 5.75 Å². The molecule has 1 aromatic carbocycles. The number of oxime groups is 1. The first-order chi connectivity index (χ1) is 8.83. The molecule has 0 atom stereocenters. The number of ether oxygens (including phenoxy) is 1. The van der Waals surface area contributed by atoms with E-state index in [0.29, 0.717) is 6.10 Å². The van der Waals surface area contributed by atoms with E-state index < -0.39 is 0 Å². The van der Waals surface area contributed by atoms with Gasteiger partial charge in [0, 0.05) is 10.0 Å². The number of rotatable bonds is 2. The lowest BCUT2D eigenvalue weighted by atomic mass is 9.97. The van der Waals surface area contributed by atoms with E-state index in [-0.39, 0.29) is 0 Å². The first kappa shape index (κ1) is 12.0. The van der Waals surface area contributed by atoms with E-state index in [1.54, 1.807) is 0 Å². The highest BCUT2D eigenvalue weighted by Crippen LogP contribution is 2.29. The number of nitrogens with zero attached hydrogens (tertiary/aromatic N) is 1. The highest BCUT2D eigenvalue weighted by molar-refractivity contribution is 9.10. The van der Waals surface area contributed by atoms with E-state index in [9.17, 15) is 0 Å². The lowest BCUT2D eigenvalue weighted by Crippen LogP contribution is -2.20. The average Bonchev–Trinajstić information content (AvgIpc) is 2.50. The number of benzene rings is 1. The molecule has 0 saturated heterocycles. The predicted molar refractivity (Wildman–Crippen MR) is 74.1 cm³/mol. The van der Waals surface area contributed by atoms with Gasteiger partial charge in [0.1, 0.15) is 11.9 Å². The molecule has 3 rings (SSSR count). The molecule has 1 aliphatic carbocycles. The van der Waals surface area contributed by atoms with Crippen molar-refractivity contribution in [2.45, 2.75) is 38.2 Å². The Bertz CT molecular complexity index is 469. The lowest BCUT2D eigenvalue weighted by Gasteiger charge is -2.23. The molecule has 0 N–H and O–H groups in total. The van der Waals surface area contributed by atoms with Gasteiger partial charge in [-0.2, -0.15) is 0 Å². The third-order valence-electron chi connectivity index (χ3n) is 3.43. The highest BCUT2D eigenvalue weighted by atomic mass is 79.9. The fourth-order valence-corrected chi connectivity index (χ4v) is 2.48. The van der Waals surface area contributed by atoms with E-state index in [1.807, 2.05) is 12.1 Å². The third kappa shape index (κ3) is 2.53. The van der Waals surface area contributed by atoms with E-state index in [0.717, 1.165) is 53.8 Å². The van der Waals surface area contributed by atoms with Crippen LogP contribution < -0.4 is 4.74 Å². The van der Waals surface area contributed by atoms with E-state index in [2.05, 4.69) is 27.2 Å². The summed E-state index contributed by atoms with van der Waals surface area (Å²) in [6.45, 7) is 0.747. The Morgan fingerprint density at radius 1 is 1.28 bits per heavy atom. The maximum atomic E-state index is 5.72. The first-order valence-corrected chi connectivity index (χ1v) is 7.27. The molecule has 0 amide bonds. The smallest absolute Gasteiger partial charge is 0.128 e. The van der Waals surface area contributed by atoms with Crippen LogP contribution in [-0.2, 0) is 4.84 Å². The summed E-state index contributed by atoms with van der Waals surface area (Å²) in [5, 5.41) is 4.36. The summed E-state index contributed by atoms with van der Waals surface area (Å²) in [7, 11) is 0.